The van der Waals surface area contributed by atoms with Crippen molar-refractivity contribution in [3.05, 3.63) is 0 Å². The first kappa shape index (κ1) is 10.3. The van der Waals surface area contributed by atoms with E-state index in [2.05, 4.69) is 17.1 Å². The number of rotatable bonds is 5. The van der Waals surface area contributed by atoms with Gasteiger partial charge in [-0.2, -0.15) is 0 Å². The Hall–Kier alpha value is -0.770. The van der Waals surface area contributed by atoms with Crippen LogP contribution in [0.5, 0.6) is 0 Å². The number of hydrogen-bond donors (Lipinski definition) is 2. The number of amidine groups is 1. The summed E-state index contributed by atoms with van der Waals surface area (Å²) in [5.41, 5.74) is 5.36. The second kappa shape index (κ2) is 5.07. The fraction of sp³-hybridized carbons (Fsp3) is 0.889. The molecule has 0 saturated heterocycles. The van der Waals surface area contributed by atoms with Crippen LogP contribution < -0.4 is 5.73 Å². The average Bonchev–Trinajstić information content (AvgIpc) is 2.01. The highest BCUT2D eigenvalue weighted by molar-refractivity contribution is 5.79. The van der Waals surface area contributed by atoms with E-state index >= 15 is 0 Å². The molecule has 13 heavy (non-hydrogen) atoms. The zero-order valence-corrected chi connectivity index (χ0v) is 8.24. The molecule has 0 radical (unpaired) electrons. The van der Waals surface area contributed by atoms with Crippen LogP contribution in [0.1, 0.15) is 32.1 Å². The van der Waals surface area contributed by atoms with Gasteiger partial charge in [0.1, 0.15) is 5.84 Å². The molecule has 0 aliphatic heterocycles. The van der Waals surface area contributed by atoms with Crippen LogP contribution in [0.25, 0.3) is 0 Å². The minimum absolute atomic E-state index is 0.335. The third kappa shape index (κ3) is 3.22. The molecule has 1 rings (SSSR count). The molecule has 0 heterocycles. The second-order valence-electron chi connectivity index (χ2n) is 3.76. The van der Waals surface area contributed by atoms with Gasteiger partial charge in [-0.3, -0.25) is 0 Å². The van der Waals surface area contributed by atoms with E-state index in [1.54, 1.807) is 0 Å². The fourth-order valence-corrected chi connectivity index (χ4v) is 1.57. The van der Waals surface area contributed by atoms with E-state index in [9.17, 15) is 0 Å². The van der Waals surface area contributed by atoms with E-state index in [0.29, 0.717) is 12.3 Å². The number of nitrogens with zero attached hydrogens (tertiary/aromatic N) is 2. The Morgan fingerprint density at radius 2 is 2.31 bits per heavy atom. The van der Waals surface area contributed by atoms with Crippen LogP contribution in [0.2, 0.25) is 0 Å². The number of hydrogen-bond acceptors (Lipinski definition) is 3. The van der Waals surface area contributed by atoms with E-state index in [4.69, 9.17) is 10.9 Å². The van der Waals surface area contributed by atoms with Crippen molar-refractivity contribution in [2.75, 3.05) is 13.6 Å². The van der Waals surface area contributed by atoms with Crippen LogP contribution in [-0.4, -0.2) is 35.6 Å². The molecule has 76 valence electrons. The van der Waals surface area contributed by atoms with E-state index in [1.165, 1.54) is 19.3 Å². The zero-order valence-electron chi connectivity index (χ0n) is 8.24. The average molecular weight is 185 g/mol. The largest absolute Gasteiger partial charge is 0.409 e. The SMILES string of the molecule is CN(CCCC(N)=NO)C1CCC1. The van der Waals surface area contributed by atoms with Gasteiger partial charge in [-0.25, -0.2) is 0 Å². The van der Waals surface area contributed by atoms with E-state index in [1.807, 2.05) is 0 Å². The van der Waals surface area contributed by atoms with Crippen LogP contribution in [0, 0.1) is 0 Å². The molecule has 3 N–H and O–H groups in total. The van der Waals surface area contributed by atoms with Crippen molar-refractivity contribution in [1.29, 1.82) is 0 Å². The summed E-state index contributed by atoms with van der Waals surface area (Å²) in [5, 5.41) is 11.3. The maximum absolute atomic E-state index is 8.32. The quantitative estimate of drug-likeness (QED) is 0.291. The van der Waals surface area contributed by atoms with Crippen LogP contribution in [0.4, 0.5) is 0 Å². The van der Waals surface area contributed by atoms with E-state index in [0.717, 1.165) is 19.0 Å². The molecule has 1 aliphatic rings. The fourth-order valence-electron chi connectivity index (χ4n) is 1.57. The van der Waals surface area contributed by atoms with Gasteiger partial charge in [-0.1, -0.05) is 11.6 Å². The van der Waals surface area contributed by atoms with Gasteiger partial charge in [-0.05, 0) is 32.9 Å². The van der Waals surface area contributed by atoms with Crippen molar-refractivity contribution < 1.29 is 5.21 Å². The normalized spacial score (nSPS) is 19.1. The molecular formula is C9H19N3O. The molecule has 1 saturated carbocycles. The molecule has 0 unspecified atom stereocenters. The molecule has 1 aliphatic carbocycles. The first-order chi connectivity index (χ1) is 6.24. The van der Waals surface area contributed by atoms with Crippen molar-refractivity contribution in [3.63, 3.8) is 0 Å². The lowest BCUT2D eigenvalue weighted by Gasteiger charge is -2.34. The summed E-state index contributed by atoms with van der Waals surface area (Å²) < 4.78 is 0. The Kier molecular flexibility index (Phi) is 4.02. The predicted octanol–water partition coefficient (Wildman–Crippen LogP) is 0.997. The van der Waals surface area contributed by atoms with Crippen molar-refractivity contribution in [3.8, 4) is 0 Å². The second-order valence-corrected chi connectivity index (χ2v) is 3.76. The van der Waals surface area contributed by atoms with Crippen molar-refractivity contribution in [2.24, 2.45) is 10.9 Å². The van der Waals surface area contributed by atoms with Gasteiger partial charge in [-0.15, -0.1) is 0 Å². The lowest BCUT2D eigenvalue weighted by atomic mass is 9.92. The summed E-state index contributed by atoms with van der Waals surface area (Å²) in [6, 6.07) is 0.785. The standard InChI is InChI=1S/C9H19N3O/c1-12(8-4-2-5-8)7-3-6-9(10)11-13/h8,13H,2-7H2,1H3,(H2,10,11). The summed E-state index contributed by atoms with van der Waals surface area (Å²) in [6.45, 7) is 1.04. The lowest BCUT2D eigenvalue weighted by molar-refractivity contribution is 0.159. The monoisotopic (exact) mass is 185 g/mol. The van der Waals surface area contributed by atoms with Crippen LogP contribution in [0.15, 0.2) is 5.16 Å². The van der Waals surface area contributed by atoms with Crippen molar-refractivity contribution in [2.45, 2.75) is 38.1 Å². The Morgan fingerprint density at radius 3 is 2.77 bits per heavy atom. The molecule has 0 spiro atoms. The minimum Gasteiger partial charge on any atom is -0.409 e. The Bertz CT molecular complexity index is 178. The Labute approximate surface area is 79.4 Å². The summed E-state index contributed by atoms with van der Waals surface area (Å²) in [7, 11) is 2.15. The van der Waals surface area contributed by atoms with Gasteiger partial charge in [0.25, 0.3) is 0 Å². The zero-order chi connectivity index (χ0) is 9.68. The molecule has 0 atom stereocenters. The summed E-state index contributed by atoms with van der Waals surface area (Å²) in [5.74, 6) is 0.335. The highest BCUT2D eigenvalue weighted by Crippen LogP contribution is 2.23. The molecule has 0 aromatic carbocycles. The Balaban J connectivity index is 2.04. The van der Waals surface area contributed by atoms with E-state index in [-0.39, 0.29) is 0 Å². The summed E-state index contributed by atoms with van der Waals surface area (Å²) >= 11 is 0. The maximum atomic E-state index is 8.32. The van der Waals surface area contributed by atoms with Gasteiger partial charge in [0.15, 0.2) is 0 Å². The first-order valence-electron chi connectivity index (χ1n) is 4.90. The topological polar surface area (TPSA) is 61.8 Å². The van der Waals surface area contributed by atoms with Gasteiger partial charge in [0, 0.05) is 12.5 Å². The van der Waals surface area contributed by atoms with Crippen molar-refractivity contribution in [1.82, 2.24) is 4.90 Å². The maximum Gasteiger partial charge on any atom is 0.139 e. The highest BCUT2D eigenvalue weighted by Gasteiger charge is 2.21. The summed E-state index contributed by atoms with van der Waals surface area (Å²) in [4.78, 5) is 2.37. The third-order valence-electron chi connectivity index (χ3n) is 2.77. The van der Waals surface area contributed by atoms with Gasteiger partial charge < -0.3 is 15.8 Å². The molecular weight excluding hydrogens is 166 g/mol. The van der Waals surface area contributed by atoms with Gasteiger partial charge in [0.2, 0.25) is 0 Å². The highest BCUT2D eigenvalue weighted by atomic mass is 16.4. The Morgan fingerprint density at radius 1 is 1.62 bits per heavy atom. The molecule has 0 aromatic heterocycles. The van der Waals surface area contributed by atoms with E-state index < -0.39 is 0 Å². The smallest absolute Gasteiger partial charge is 0.139 e. The molecule has 0 amide bonds. The molecule has 4 heteroatoms. The molecule has 4 nitrogen and oxygen atoms in total. The number of oxime groups is 1. The lowest BCUT2D eigenvalue weighted by Crippen LogP contribution is -2.37. The molecule has 0 aromatic rings. The van der Waals surface area contributed by atoms with Crippen molar-refractivity contribution >= 4 is 5.84 Å². The van der Waals surface area contributed by atoms with Crippen LogP contribution in [0.3, 0.4) is 0 Å². The predicted molar refractivity (Wildman–Crippen MR) is 52.9 cm³/mol. The summed E-state index contributed by atoms with van der Waals surface area (Å²) in [6.07, 6.45) is 5.70. The molecule has 1 fully saturated rings. The number of nitrogens with two attached hydrogens (primary N) is 1. The van der Waals surface area contributed by atoms with Crippen LogP contribution >= 0.6 is 0 Å². The van der Waals surface area contributed by atoms with Gasteiger partial charge in [0.05, 0.1) is 0 Å². The van der Waals surface area contributed by atoms with Crippen LogP contribution in [-0.2, 0) is 0 Å². The van der Waals surface area contributed by atoms with Gasteiger partial charge >= 0.3 is 0 Å². The molecule has 0 bridgehead atoms. The third-order valence-corrected chi connectivity index (χ3v) is 2.77. The first-order valence-corrected chi connectivity index (χ1v) is 4.90. The minimum atomic E-state index is 0.335.